The quantitative estimate of drug-likeness (QED) is 0.912. The highest BCUT2D eigenvalue weighted by molar-refractivity contribution is 5.30. The molecule has 0 saturated heterocycles. The SMILES string of the molecule is CCOc1cncc(C(C)(O)Cc2ccccc2F)c1. The molecule has 0 bridgehead atoms. The number of hydrogen-bond donors (Lipinski definition) is 1. The van der Waals surface area contributed by atoms with Crippen LogP contribution in [0, 0.1) is 5.82 Å². The summed E-state index contributed by atoms with van der Waals surface area (Å²) in [4.78, 5) is 4.05. The monoisotopic (exact) mass is 275 g/mol. The van der Waals surface area contributed by atoms with Crippen molar-refractivity contribution in [2.75, 3.05) is 6.61 Å². The Hall–Kier alpha value is -1.94. The second kappa shape index (κ2) is 6.01. The molecule has 0 aliphatic carbocycles. The number of aromatic nitrogens is 1. The van der Waals surface area contributed by atoms with Crippen molar-refractivity contribution in [1.82, 2.24) is 4.98 Å². The van der Waals surface area contributed by atoms with Gasteiger partial charge < -0.3 is 9.84 Å². The summed E-state index contributed by atoms with van der Waals surface area (Å²) in [7, 11) is 0. The standard InChI is InChI=1S/C16H18FNO2/c1-3-20-14-8-13(10-18-11-14)16(2,19)9-12-6-4-5-7-15(12)17/h4-8,10-11,19H,3,9H2,1-2H3. The molecule has 106 valence electrons. The molecule has 0 aliphatic rings. The third kappa shape index (κ3) is 3.33. The molecular weight excluding hydrogens is 257 g/mol. The van der Waals surface area contributed by atoms with Gasteiger partial charge in [-0.15, -0.1) is 0 Å². The summed E-state index contributed by atoms with van der Waals surface area (Å²) in [5.74, 6) is 0.278. The fourth-order valence-electron chi connectivity index (χ4n) is 2.07. The van der Waals surface area contributed by atoms with Crippen molar-refractivity contribution in [3.63, 3.8) is 0 Å². The van der Waals surface area contributed by atoms with E-state index in [1.165, 1.54) is 6.07 Å². The van der Waals surface area contributed by atoms with Crippen LogP contribution in [0.1, 0.15) is 25.0 Å². The predicted molar refractivity (Wildman–Crippen MR) is 75.1 cm³/mol. The van der Waals surface area contributed by atoms with Crippen LogP contribution in [0.25, 0.3) is 0 Å². The van der Waals surface area contributed by atoms with Crippen molar-refractivity contribution in [2.24, 2.45) is 0 Å². The van der Waals surface area contributed by atoms with E-state index in [1.807, 2.05) is 6.92 Å². The molecule has 0 fully saturated rings. The average molecular weight is 275 g/mol. The maximum atomic E-state index is 13.7. The van der Waals surface area contributed by atoms with Gasteiger partial charge in [-0.2, -0.15) is 0 Å². The van der Waals surface area contributed by atoms with E-state index < -0.39 is 5.60 Å². The van der Waals surface area contributed by atoms with Gasteiger partial charge in [0.2, 0.25) is 0 Å². The maximum absolute atomic E-state index is 13.7. The van der Waals surface area contributed by atoms with Crippen LogP contribution in [-0.4, -0.2) is 16.7 Å². The number of aliphatic hydroxyl groups is 1. The van der Waals surface area contributed by atoms with Gasteiger partial charge in [-0.1, -0.05) is 18.2 Å². The van der Waals surface area contributed by atoms with E-state index in [0.29, 0.717) is 23.5 Å². The minimum atomic E-state index is -1.21. The Labute approximate surface area is 118 Å². The van der Waals surface area contributed by atoms with E-state index in [-0.39, 0.29) is 12.2 Å². The van der Waals surface area contributed by atoms with Crippen molar-refractivity contribution >= 4 is 0 Å². The smallest absolute Gasteiger partial charge is 0.137 e. The molecule has 0 amide bonds. The van der Waals surface area contributed by atoms with Gasteiger partial charge in [0.15, 0.2) is 0 Å². The first kappa shape index (κ1) is 14.5. The zero-order chi connectivity index (χ0) is 14.6. The first-order valence-corrected chi connectivity index (χ1v) is 6.57. The Morgan fingerprint density at radius 1 is 1.30 bits per heavy atom. The van der Waals surface area contributed by atoms with Crippen molar-refractivity contribution in [2.45, 2.75) is 25.9 Å². The summed E-state index contributed by atoms with van der Waals surface area (Å²) in [6, 6.07) is 8.18. The molecule has 1 aromatic carbocycles. The van der Waals surface area contributed by atoms with Crippen molar-refractivity contribution in [1.29, 1.82) is 0 Å². The van der Waals surface area contributed by atoms with Gasteiger partial charge in [0.1, 0.15) is 11.6 Å². The molecule has 2 rings (SSSR count). The number of ether oxygens (including phenoxy) is 1. The molecule has 1 atom stereocenters. The fourth-order valence-corrected chi connectivity index (χ4v) is 2.07. The van der Waals surface area contributed by atoms with Gasteiger partial charge >= 0.3 is 0 Å². The van der Waals surface area contributed by atoms with Gasteiger partial charge in [-0.3, -0.25) is 4.98 Å². The van der Waals surface area contributed by atoms with Gasteiger partial charge in [0.05, 0.1) is 18.4 Å². The minimum absolute atomic E-state index is 0.178. The Balaban J connectivity index is 2.25. The normalized spacial score (nSPS) is 13.8. The van der Waals surface area contributed by atoms with Gasteiger partial charge in [0.25, 0.3) is 0 Å². The summed E-state index contributed by atoms with van der Waals surface area (Å²) < 4.78 is 19.1. The van der Waals surface area contributed by atoms with E-state index in [9.17, 15) is 9.50 Å². The van der Waals surface area contributed by atoms with Crippen LogP contribution in [0.4, 0.5) is 4.39 Å². The largest absolute Gasteiger partial charge is 0.492 e. The van der Waals surface area contributed by atoms with Crippen LogP contribution in [0.15, 0.2) is 42.7 Å². The number of rotatable bonds is 5. The summed E-state index contributed by atoms with van der Waals surface area (Å²) in [5.41, 5.74) is -0.131. The van der Waals surface area contributed by atoms with Gasteiger partial charge in [-0.25, -0.2) is 4.39 Å². The second-order valence-corrected chi connectivity index (χ2v) is 4.88. The van der Waals surface area contributed by atoms with E-state index in [0.717, 1.165) is 0 Å². The van der Waals surface area contributed by atoms with E-state index in [1.54, 1.807) is 43.6 Å². The molecule has 0 saturated carbocycles. The Bertz CT molecular complexity index is 584. The van der Waals surface area contributed by atoms with Crippen molar-refractivity contribution in [3.8, 4) is 5.75 Å². The molecule has 1 N–H and O–H groups in total. The van der Waals surface area contributed by atoms with Gasteiger partial charge in [-0.05, 0) is 31.5 Å². The lowest BCUT2D eigenvalue weighted by Crippen LogP contribution is -2.25. The van der Waals surface area contributed by atoms with Crippen molar-refractivity contribution < 1.29 is 14.2 Å². The number of halogens is 1. The lowest BCUT2D eigenvalue weighted by Gasteiger charge is -2.24. The van der Waals surface area contributed by atoms with Crippen LogP contribution >= 0.6 is 0 Å². The molecule has 1 heterocycles. The lowest BCUT2D eigenvalue weighted by molar-refractivity contribution is 0.0560. The Morgan fingerprint density at radius 2 is 2.05 bits per heavy atom. The first-order valence-electron chi connectivity index (χ1n) is 6.57. The molecule has 0 radical (unpaired) electrons. The van der Waals surface area contributed by atoms with Crippen molar-refractivity contribution in [3.05, 3.63) is 59.7 Å². The second-order valence-electron chi connectivity index (χ2n) is 4.88. The predicted octanol–water partition coefficient (Wildman–Crippen LogP) is 3.07. The highest BCUT2D eigenvalue weighted by Crippen LogP contribution is 2.28. The lowest BCUT2D eigenvalue weighted by atomic mass is 9.90. The molecule has 1 unspecified atom stereocenters. The van der Waals surface area contributed by atoms with Crippen LogP contribution in [-0.2, 0) is 12.0 Å². The molecule has 0 aliphatic heterocycles. The van der Waals surface area contributed by atoms with Crippen LogP contribution < -0.4 is 4.74 Å². The summed E-state index contributed by atoms with van der Waals surface area (Å²) in [5, 5.41) is 10.6. The van der Waals surface area contributed by atoms with E-state index >= 15 is 0 Å². The molecule has 3 nitrogen and oxygen atoms in total. The third-order valence-electron chi connectivity index (χ3n) is 3.14. The molecular formula is C16H18FNO2. The zero-order valence-corrected chi connectivity index (χ0v) is 11.6. The van der Waals surface area contributed by atoms with Crippen LogP contribution in [0.5, 0.6) is 5.75 Å². The van der Waals surface area contributed by atoms with E-state index in [4.69, 9.17) is 4.74 Å². The Morgan fingerprint density at radius 3 is 2.75 bits per heavy atom. The van der Waals surface area contributed by atoms with E-state index in [2.05, 4.69) is 4.98 Å². The number of hydrogen-bond acceptors (Lipinski definition) is 3. The summed E-state index contributed by atoms with van der Waals surface area (Å²) in [6.45, 7) is 4.05. The van der Waals surface area contributed by atoms with Gasteiger partial charge in [0, 0.05) is 18.2 Å². The first-order chi connectivity index (χ1) is 9.53. The highest BCUT2D eigenvalue weighted by atomic mass is 19.1. The van der Waals surface area contributed by atoms with Crippen LogP contribution in [0.3, 0.4) is 0 Å². The number of pyridine rings is 1. The van der Waals surface area contributed by atoms with Crippen LogP contribution in [0.2, 0.25) is 0 Å². The summed E-state index contributed by atoms with van der Waals surface area (Å²) >= 11 is 0. The zero-order valence-electron chi connectivity index (χ0n) is 11.6. The molecule has 0 spiro atoms. The maximum Gasteiger partial charge on any atom is 0.137 e. The third-order valence-corrected chi connectivity index (χ3v) is 3.14. The molecule has 2 aromatic rings. The number of benzene rings is 1. The fraction of sp³-hybridized carbons (Fsp3) is 0.312. The molecule has 4 heteroatoms. The number of nitrogens with zero attached hydrogens (tertiary/aromatic N) is 1. The Kier molecular flexibility index (Phi) is 4.35. The topological polar surface area (TPSA) is 42.4 Å². The summed E-state index contributed by atoms with van der Waals surface area (Å²) in [6.07, 6.45) is 3.34. The molecule has 1 aromatic heterocycles. The molecule has 20 heavy (non-hydrogen) atoms. The average Bonchev–Trinajstić information content (AvgIpc) is 2.42. The minimum Gasteiger partial charge on any atom is -0.492 e. The highest BCUT2D eigenvalue weighted by Gasteiger charge is 2.25.